The zero-order chi connectivity index (χ0) is 18.8. The van der Waals surface area contributed by atoms with Crippen LogP contribution in [0.3, 0.4) is 0 Å². The molecule has 0 atom stereocenters. The third kappa shape index (κ3) is 1.61. The third-order valence-electron chi connectivity index (χ3n) is 6.54. The number of pyridine rings is 1. The van der Waals surface area contributed by atoms with Gasteiger partial charge >= 0.3 is 6.18 Å². The van der Waals surface area contributed by atoms with E-state index in [1.807, 2.05) is 13.8 Å². The number of alkyl halides is 5. The van der Waals surface area contributed by atoms with Crippen molar-refractivity contribution in [2.75, 3.05) is 11.9 Å². The molecule has 0 saturated heterocycles. The van der Waals surface area contributed by atoms with E-state index in [9.17, 15) is 13.2 Å². The van der Waals surface area contributed by atoms with Gasteiger partial charge in [-0.1, -0.05) is 13.8 Å². The molecule has 3 heterocycles. The first-order valence-electron chi connectivity index (χ1n) is 8.49. The standard InChI is InChI=1S/C17H17F5N4/c1-13(2)7-23-10-3-9(12-24-8-25-26(12)11(10)13)16(18,19)14-4-15(5-14,6-14)17(20,21)22/h3,8,23H,4-7H2,1-2H3. The Morgan fingerprint density at radius 3 is 2.35 bits per heavy atom. The molecule has 4 nitrogen and oxygen atoms in total. The second-order valence-electron chi connectivity index (χ2n) is 8.72. The van der Waals surface area contributed by atoms with Crippen molar-refractivity contribution in [2.45, 2.75) is 50.6 Å². The van der Waals surface area contributed by atoms with Crippen molar-refractivity contribution in [1.82, 2.24) is 14.6 Å². The fourth-order valence-electron chi connectivity index (χ4n) is 5.10. The minimum atomic E-state index is -4.42. The fraction of sp³-hybridized carbons (Fsp3) is 0.647. The Morgan fingerprint density at radius 1 is 1.08 bits per heavy atom. The summed E-state index contributed by atoms with van der Waals surface area (Å²) in [5, 5.41) is 7.22. The van der Waals surface area contributed by atoms with Crippen molar-refractivity contribution in [3.8, 4) is 0 Å². The number of halogens is 5. The van der Waals surface area contributed by atoms with Gasteiger partial charge in [0.15, 0.2) is 5.65 Å². The highest BCUT2D eigenvalue weighted by molar-refractivity contribution is 5.66. The Morgan fingerprint density at radius 2 is 1.73 bits per heavy atom. The lowest BCUT2D eigenvalue weighted by atomic mass is 9.32. The van der Waals surface area contributed by atoms with E-state index >= 15 is 8.78 Å². The Bertz CT molecular complexity index is 923. The molecule has 1 aliphatic heterocycles. The van der Waals surface area contributed by atoms with Gasteiger partial charge in [0, 0.05) is 17.4 Å². The quantitative estimate of drug-likeness (QED) is 0.801. The van der Waals surface area contributed by atoms with Crippen molar-refractivity contribution in [1.29, 1.82) is 0 Å². The van der Waals surface area contributed by atoms with Gasteiger partial charge in [-0.25, -0.2) is 18.3 Å². The first-order valence-corrected chi connectivity index (χ1v) is 8.49. The molecule has 0 aromatic carbocycles. The van der Waals surface area contributed by atoms with Crippen molar-refractivity contribution in [2.24, 2.45) is 10.8 Å². The maximum Gasteiger partial charge on any atom is 0.394 e. The van der Waals surface area contributed by atoms with E-state index in [4.69, 9.17) is 0 Å². The summed E-state index contributed by atoms with van der Waals surface area (Å²) in [5.41, 5.74) is -2.88. The zero-order valence-corrected chi connectivity index (χ0v) is 14.2. The molecule has 0 spiro atoms. The molecule has 6 rings (SSSR count). The van der Waals surface area contributed by atoms with Gasteiger partial charge in [-0.2, -0.15) is 18.3 Å². The van der Waals surface area contributed by atoms with Gasteiger partial charge in [-0.15, -0.1) is 0 Å². The molecule has 3 aliphatic carbocycles. The molecule has 26 heavy (non-hydrogen) atoms. The summed E-state index contributed by atoms with van der Waals surface area (Å²) in [6.45, 7) is 4.51. The summed E-state index contributed by atoms with van der Waals surface area (Å²) < 4.78 is 71.4. The summed E-state index contributed by atoms with van der Waals surface area (Å²) in [5.74, 6) is -3.39. The number of fused-ring (bicyclic) bond motifs is 3. The van der Waals surface area contributed by atoms with E-state index in [-0.39, 0.29) is 16.6 Å². The van der Waals surface area contributed by atoms with Crippen molar-refractivity contribution in [3.05, 3.63) is 23.7 Å². The molecule has 0 amide bonds. The number of rotatable bonds is 2. The molecule has 0 unspecified atom stereocenters. The lowest BCUT2D eigenvalue weighted by molar-refractivity contribution is -0.411. The van der Waals surface area contributed by atoms with E-state index in [2.05, 4.69) is 15.4 Å². The van der Waals surface area contributed by atoms with Gasteiger partial charge < -0.3 is 5.32 Å². The largest absolute Gasteiger partial charge is 0.394 e. The molecule has 1 N–H and O–H groups in total. The topological polar surface area (TPSA) is 42.2 Å². The van der Waals surface area contributed by atoms with Crippen LogP contribution in [0.15, 0.2) is 12.4 Å². The summed E-state index contributed by atoms with van der Waals surface area (Å²) in [4.78, 5) is 4.01. The lowest BCUT2D eigenvalue weighted by Gasteiger charge is -2.72. The first kappa shape index (κ1) is 16.3. The normalized spacial score (nSPS) is 32.0. The smallest absolute Gasteiger partial charge is 0.383 e. The van der Waals surface area contributed by atoms with Crippen molar-refractivity contribution in [3.63, 3.8) is 0 Å². The van der Waals surface area contributed by atoms with Crippen molar-refractivity contribution >= 4 is 11.3 Å². The van der Waals surface area contributed by atoms with Crippen LogP contribution in [0.4, 0.5) is 27.6 Å². The molecule has 2 aromatic rings. The van der Waals surface area contributed by atoms with Gasteiger partial charge in [-0.3, -0.25) is 0 Å². The summed E-state index contributed by atoms with van der Waals surface area (Å²) in [6, 6.07) is 1.36. The molecule has 9 heteroatoms. The van der Waals surface area contributed by atoms with Crippen LogP contribution in [0, 0.1) is 10.8 Å². The number of aromatic nitrogens is 3. The zero-order valence-electron chi connectivity index (χ0n) is 14.2. The maximum absolute atomic E-state index is 15.4. The van der Waals surface area contributed by atoms with Crippen LogP contribution in [0.2, 0.25) is 0 Å². The Labute approximate surface area is 145 Å². The molecule has 3 saturated carbocycles. The van der Waals surface area contributed by atoms with Crippen LogP contribution in [0.1, 0.15) is 44.4 Å². The number of nitrogens with zero attached hydrogens (tertiary/aromatic N) is 3. The van der Waals surface area contributed by atoms with E-state index in [1.165, 1.54) is 16.9 Å². The molecule has 2 bridgehead atoms. The molecule has 4 aliphatic rings. The monoisotopic (exact) mass is 372 g/mol. The summed E-state index contributed by atoms with van der Waals surface area (Å²) >= 11 is 0. The van der Waals surface area contributed by atoms with E-state index in [0.717, 1.165) is 5.69 Å². The van der Waals surface area contributed by atoms with E-state index < -0.39 is 42.2 Å². The second kappa shape index (κ2) is 4.14. The molecule has 2 aromatic heterocycles. The molecular formula is C17H17F5N4. The van der Waals surface area contributed by atoms with Gasteiger partial charge in [0.1, 0.15) is 6.33 Å². The lowest BCUT2D eigenvalue weighted by Crippen LogP contribution is -2.73. The minimum Gasteiger partial charge on any atom is -0.383 e. The van der Waals surface area contributed by atoms with Crippen molar-refractivity contribution < 1.29 is 22.0 Å². The van der Waals surface area contributed by atoms with Gasteiger partial charge in [-0.05, 0) is 25.3 Å². The highest BCUT2D eigenvalue weighted by atomic mass is 19.4. The summed E-state index contributed by atoms with van der Waals surface area (Å²) in [6.07, 6.45) is -4.77. The van der Waals surface area contributed by atoms with Crippen LogP contribution >= 0.6 is 0 Å². The Kier molecular flexibility index (Phi) is 2.59. The molecule has 140 valence electrons. The third-order valence-corrected chi connectivity index (χ3v) is 6.54. The van der Waals surface area contributed by atoms with Crippen LogP contribution in [-0.4, -0.2) is 27.3 Å². The number of anilines is 1. The highest BCUT2D eigenvalue weighted by Gasteiger charge is 2.85. The van der Waals surface area contributed by atoms with Crippen LogP contribution in [0.25, 0.3) is 5.65 Å². The van der Waals surface area contributed by atoms with Crippen LogP contribution in [-0.2, 0) is 11.3 Å². The summed E-state index contributed by atoms with van der Waals surface area (Å²) in [7, 11) is 0. The average Bonchev–Trinajstić information content (AvgIpc) is 2.96. The number of nitrogens with one attached hydrogen (secondary N) is 1. The van der Waals surface area contributed by atoms with Gasteiger partial charge in [0.25, 0.3) is 5.92 Å². The van der Waals surface area contributed by atoms with Crippen LogP contribution in [0.5, 0.6) is 0 Å². The van der Waals surface area contributed by atoms with E-state index in [0.29, 0.717) is 12.2 Å². The second-order valence-corrected chi connectivity index (χ2v) is 8.72. The van der Waals surface area contributed by atoms with Gasteiger partial charge in [0.2, 0.25) is 0 Å². The van der Waals surface area contributed by atoms with Gasteiger partial charge in [0.05, 0.1) is 22.4 Å². The molecule has 0 radical (unpaired) electrons. The van der Waals surface area contributed by atoms with E-state index in [1.54, 1.807) is 0 Å². The first-order chi connectivity index (χ1) is 11.9. The SMILES string of the molecule is CC1(C)CNc2cc(C(F)(F)C34CC(C(F)(F)F)(C3)C4)c3ncnn3c21. The Hall–Kier alpha value is -1.93. The maximum atomic E-state index is 15.4. The van der Waals surface area contributed by atoms with Crippen LogP contribution < -0.4 is 5.32 Å². The minimum absolute atomic E-state index is 0.0244. The Balaban J connectivity index is 1.61. The molecular weight excluding hydrogens is 355 g/mol. The predicted octanol–water partition coefficient (Wildman–Crippen LogP) is 4.26. The molecule has 3 fully saturated rings. The number of hydrogen-bond acceptors (Lipinski definition) is 3. The average molecular weight is 372 g/mol. The number of hydrogen-bond donors (Lipinski definition) is 1. The predicted molar refractivity (Wildman–Crippen MR) is 83.2 cm³/mol. The fourth-order valence-corrected chi connectivity index (χ4v) is 5.10. The highest BCUT2D eigenvalue weighted by Crippen LogP contribution is 2.84.